The van der Waals surface area contributed by atoms with Crippen molar-refractivity contribution >= 4 is 33.3 Å². The van der Waals surface area contributed by atoms with Crippen molar-refractivity contribution in [2.45, 2.75) is 17.5 Å². The summed E-state index contributed by atoms with van der Waals surface area (Å²) in [4.78, 5) is 24.3. The Morgan fingerprint density at radius 3 is 2.53 bits per heavy atom. The molecule has 3 rings (SSSR count). The van der Waals surface area contributed by atoms with E-state index in [1.807, 2.05) is 4.72 Å². The number of fused-ring (bicyclic) bond motifs is 1. The maximum Gasteiger partial charge on any atom is 0.416 e. The van der Waals surface area contributed by atoms with Gasteiger partial charge in [0, 0.05) is 12.2 Å². The van der Waals surface area contributed by atoms with Crippen LogP contribution >= 0.6 is 0 Å². The minimum Gasteiger partial charge on any atom is -0.351 e. The Bertz CT molecular complexity index is 1100. The molecule has 2 aromatic rings. The van der Waals surface area contributed by atoms with E-state index in [0.29, 0.717) is 30.4 Å². The van der Waals surface area contributed by atoms with Gasteiger partial charge in [-0.15, -0.1) is 0 Å². The summed E-state index contributed by atoms with van der Waals surface area (Å²) in [7, 11) is -4.34. The smallest absolute Gasteiger partial charge is 0.351 e. The molecular weight excluding hydrogens is 425 g/mol. The van der Waals surface area contributed by atoms with Gasteiger partial charge in [0.25, 0.3) is 0 Å². The number of halogens is 3. The third-order valence-electron chi connectivity index (χ3n) is 4.43. The topological polar surface area (TPSA) is 122 Å². The van der Waals surface area contributed by atoms with Gasteiger partial charge in [0.15, 0.2) is 0 Å². The van der Waals surface area contributed by atoms with E-state index in [2.05, 4.69) is 5.32 Å². The second-order valence-electron chi connectivity index (χ2n) is 6.48. The van der Waals surface area contributed by atoms with Gasteiger partial charge in [-0.25, -0.2) is 17.9 Å². The molecule has 1 aliphatic heterocycles. The van der Waals surface area contributed by atoms with Gasteiger partial charge >= 0.3 is 12.2 Å². The maximum absolute atomic E-state index is 12.8. The summed E-state index contributed by atoms with van der Waals surface area (Å²) in [6, 6.07) is 7.39. The number of nitrogens with two attached hydrogens (primary N) is 1. The first-order valence-electron chi connectivity index (χ1n) is 8.64. The summed E-state index contributed by atoms with van der Waals surface area (Å²) in [5.41, 5.74) is 5.91. The molecule has 0 saturated heterocycles. The van der Waals surface area contributed by atoms with Crippen LogP contribution in [-0.4, -0.2) is 33.4 Å². The van der Waals surface area contributed by atoms with E-state index in [-0.39, 0.29) is 0 Å². The highest BCUT2D eigenvalue weighted by atomic mass is 32.2. The van der Waals surface area contributed by atoms with Gasteiger partial charge in [-0.1, -0.05) is 12.1 Å². The number of rotatable bonds is 5. The molecule has 3 amide bonds. The Balaban J connectivity index is 1.66. The SMILES string of the molecule is NC(=O)N1CCc2ccc(NC(=O)CNS(=O)(=O)c3cccc(C(F)(F)F)c3)cc21. The van der Waals surface area contributed by atoms with Crippen molar-refractivity contribution in [1.82, 2.24) is 4.72 Å². The lowest BCUT2D eigenvalue weighted by Gasteiger charge is -2.15. The van der Waals surface area contributed by atoms with Gasteiger partial charge in [-0.2, -0.15) is 13.2 Å². The molecule has 0 aromatic heterocycles. The van der Waals surface area contributed by atoms with Crippen LogP contribution in [0.1, 0.15) is 11.1 Å². The van der Waals surface area contributed by atoms with Gasteiger partial charge in [-0.3, -0.25) is 9.69 Å². The Kier molecular flexibility index (Phi) is 5.72. The van der Waals surface area contributed by atoms with Crippen LogP contribution in [0.15, 0.2) is 47.4 Å². The summed E-state index contributed by atoms with van der Waals surface area (Å²) in [6.07, 6.45) is -4.08. The van der Waals surface area contributed by atoms with Gasteiger partial charge in [0.1, 0.15) is 0 Å². The average Bonchev–Trinajstić information content (AvgIpc) is 3.09. The third-order valence-corrected chi connectivity index (χ3v) is 5.82. The lowest BCUT2D eigenvalue weighted by Crippen LogP contribution is -2.34. The highest BCUT2D eigenvalue weighted by molar-refractivity contribution is 7.89. The fourth-order valence-corrected chi connectivity index (χ4v) is 4.00. The number of carbonyl (C=O) groups excluding carboxylic acids is 2. The van der Waals surface area contributed by atoms with Gasteiger partial charge in [-0.05, 0) is 42.3 Å². The number of sulfonamides is 1. The summed E-state index contributed by atoms with van der Waals surface area (Å²) in [5, 5.41) is 2.47. The Morgan fingerprint density at radius 1 is 1.13 bits per heavy atom. The molecule has 0 bridgehead atoms. The predicted molar refractivity (Wildman–Crippen MR) is 102 cm³/mol. The minimum atomic E-state index is -4.70. The second kappa shape index (κ2) is 7.95. The van der Waals surface area contributed by atoms with Crippen molar-refractivity contribution in [2.24, 2.45) is 5.73 Å². The number of nitrogens with zero attached hydrogens (tertiary/aromatic N) is 1. The number of anilines is 2. The molecule has 0 atom stereocenters. The Labute approximate surface area is 169 Å². The van der Waals surface area contributed by atoms with E-state index in [9.17, 15) is 31.2 Å². The minimum absolute atomic E-state index is 0.310. The monoisotopic (exact) mass is 442 g/mol. The molecule has 2 aromatic carbocycles. The number of benzene rings is 2. The number of carbonyl (C=O) groups is 2. The van der Waals surface area contributed by atoms with Crippen molar-refractivity contribution in [3.05, 3.63) is 53.6 Å². The predicted octanol–water partition coefficient (Wildman–Crippen LogP) is 2.06. The molecule has 160 valence electrons. The molecule has 12 heteroatoms. The molecule has 30 heavy (non-hydrogen) atoms. The van der Waals surface area contributed by atoms with Crippen LogP contribution in [0.2, 0.25) is 0 Å². The number of nitrogens with one attached hydrogen (secondary N) is 2. The molecule has 0 radical (unpaired) electrons. The van der Waals surface area contributed by atoms with E-state index in [1.165, 1.54) is 11.0 Å². The number of hydrogen-bond donors (Lipinski definition) is 3. The molecule has 0 fully saturated rings. The van der Waals surface area contributed by atoms with Crippen LogP contribution in [0.3, 0.4) is 0 Å². The molecule has 8 nitrogen and oxygen atoms in total. The highest BCUT2D eigenvalue weighted by Crippen LogP contribution is 2.31. The first kappa shape index (κ1) is 21.6. The highest BCUT2D eigenvalue weighted by Gasteiger charge is 2.31. The molecule has 0 unspecified atom stereocenters. The average molecular weight is 442 g/mol. The molecule has 1 heterocycles. The maximum atomic E-state index is 12.8. The zero-order valence-corrected chi connectivity index (χ0v) is 16.2. The number of primary amides is 1. The summed E-state index contributed by atoms with van der Waals surface area (Å²) >= 11 is 0. The van der Waals surface area contributed by atoms with Crippen LogP contribution < -0.4 is 20.7 Å². The van der Waals surface area contributed by atoms with Gasteiger partial charge in [0.05, 0.1) is 22.7 Å². The largest absolute Gasteiger partial charge is 0.416 e. The fraction of sp³-hybridized carbons (Fsp3) is 0.222. The van der Waals surface area contributed by atoms with Crippen molar-refractivity contribution in [2.75, 3.05) is 23.3 Å². The fourth-order valence-electron chi connectivity index (χ4n) is 2.97. The number of urea groups is 1. The van der Waals surface area contributed by atoms with Gasteiger partial charge in [0.2, 0.25) is 15.9 Å². The van der Waals surface area contributed by atoms with Crippen molar-refractivity contribution in [3.8, 4) is 0 Å². The van der Waals surface area contributed by atoms with Crippen LogP contribution in [0, 0.1) is 0 Å². The van der Waals surface area contributed by atoms with E-state index in [4.69, 9.17) is 5.73 Å². The first-order valence-corrected chi connectivity index (χ1v) is 10.1. The van der Waals surface area contributed by atoms with Crippen LogP contribution in [0.25, 0.3) is 0 Å². The molecule has 1 aliphatic rings. The van der Waals surface area contributed by atoms with Crippen LogP contribution in [-0.2, 0) is 27.4 Å². The van der Waals surface area contributed by atoms with Gasteiger partial charge < -0.3 is 11.1 Å². The van der Waals surface area contributed by atoms with E-state index in [1.54, 1.807) is 12.1 Å². The number of alkyl halides is 3. The lowest BCUT2D eigenvalue weighted by molar-refractivity contribution is -0.137. The molecule has 0 aliphatic carbocycles. The number of amides is 3. The molecule has 0 spiro atoms. The molecule has 4 N–H and O–H groups in total. The normalized spacial score (nSPS) is 13.8. The van der Waals surface area contributed by atoms with Crippen LogP contribution in [0.5, 0.6) is 0 Å². The van der Waals surface area contributed by atoms with E-state index < -0.39 is 45.1 Å². The molecular formula is C18H17F3N4O4S. The van der Waals surface area contributed by atoms with Crippen molar-refractivity contribution in [1.29, 1.82) is 0 Å². The van der Waals surface area contributed by atoms with Crippen molar-refractivity contribution in [3.63, 3.8) is 0 Å². The zero-order valence-electron chi connectivity index (χ0n) is 15.4. The van der Waals surface area contributed by atoms with Crippen LogP contribution in [0.4, 0.5) is 29.3 Å². The number of hydrogen-bond acceptors (Lipinski definition) is 4. The van der Waals surface area contributed by atoms with Crippen molar-refractivity contribution < 1.29 is 31.2 Å². The van der Waals surface area contributed by atoms with E-state index >= 15 is 0 Å². The first-order chi connectivity index (χ1) is 14.0. The Morgan fingerprint density at radius 2 is 1.87 bits per heavy atom. The zero-order chi connectivity index (χ0) is 22.1. The summed E-state index contributed by atoms with van der Waals surface area (Å²) < 4.78 is 64.7. The Hall–Kier alpha value is -3.12. The standard InChI is InChI=1S/C18H17F3N4O4S/c19-18(20,21)12-2-1-3-14(8-12)30(28,29)23-10-16(26)24-13-5-4-11-6-7-25(17(22)27)15(11)9-13/h1-5,8-9,23H,6-7,10H2,(H2,22,27)(H,24,26). The second-order valence-corrected chi connectivity index (χ2v) is 8.25. The summed E-state index contributed by atoms with van der Waals surface area (Å²) in [6.45, 7) is -0.284. The quantitative estimate of drug-likeness (QED) is 0.656. The summed E-state index contributed by atoms with van der Waals surface area (Å²) in [5.74, 6) is -0.742. The lowest BCUT2D eigenvalue weighted by atomic mass is 10.1. The van der Waals surface area contributed by atoms with E-state index in [0.717, 1.165) is 23.8 Å². The molecule has 0 saturated carbocycles. The third kappa shape index (κ3) is 4.71.